The number of guanidine groups is 1. The van der Waals surface area contributed by atoms with Gasteiger partial charge >= 0.3 is 0 Å². The third-order valence-corrected chi connectivity index (χ3v) is 5.76. The fourth-order valence-corrected chi connectivity index (χ4v) is 4.00. The maximum absolute atomic E-state index is 11.1. The lowest BCUT2D eigenvalue weighted by Crippen LogP contribution is -2.45. The summed E-state index contributed by atoms with van der Waals surface area (Å²) in [5.74, 6) is 1.58. The van der Waals surface area contributed by atoms with E-state index in [2.05, 4.69) is 37.4 Å². The third-order valence-electron chi connectivity index (χ3n) is 5.03. The Hall–Kier alpha value is -1.84. The topological polar surface area (TPSA) is 95.1 Å². The lowest BCUT2D eigenvalue weighted by Gasteiger charge is -2.35. The molecule has 1 heterocycles. The standard InChI is InChI=1S/C20H35N5O3S/c1-21-20(22-12-7-13-24-29(3,26)27)23-16-19(25-14-5-4-6-15-25)17-8-10-18(28-2)11-9-17/h8-11,19,24H,4-7,12-16H2,1-3H3,(H2,21,22,23). The van der Waals surface area contributed by atoms with Gasteiger partial charge in [-0.15, -0.1) is 0 Å². The highest BCUT2D eigenvalue weighted by molar-refractivity contribution is 7.88. The van der Waals surface area contributed by atoms with Gasteiger partial charge in [-0.3, -0.25) is 9.89 Å². The molecule has 1 aromatic rings. The maximum atomic E-state index is 11.1. The van der Waals surface area contributed by atoms with Gasteiger partial charge in [0.1, 0.15) is 5.75 Å². The normalized spacial score (nSPS) is 17.0. The van der Waals surface area contributed by atoms with E-state index in [1.165, 1.54) is 31.1 Å². The monoisotopic (exact) mass is 425 g/mol. The molecule has 29 heavy (non-hydrogen) atoms. The summed E-state index contributed by atoms with van der Waals surface area (Å²) in [6.45, 7) is 3.99. The molecule has 1 atom stereocenters. The first-order valence-corrected chi connectivity index (χ1v) is 12.1. The van der Waals surface area contributed by atoms with E-state index in [0.717, 1.165) is 31.3 Å². The molecular weight excluding hydrogens is 390 g/mol. The SMILES string of the molecule is CN=C(NCCCNS(C)(=O)=O)NCC(c1ccc(OC)cc1)N1CCCCC1. The molecule has 1 unspecified atom stereocenters. The molecule has 0 spiro atoms. The minimum Gasteiger partial charge on any atom is -0.497 e. The molecule has 2 rings (SSSR count). The van der Waals surface area contributed by atoms with Crippen LogP contribution in [0, 0.1) is 0 Å². The van der Waals surface area contributed by atoms with Crippen LogP contribution >= 0.6 is 0 Å². The molecule has 0 aliphatic carbocycles. The van der Waals surface area contributed by atoms with E-state index in [1.807, 2.05) is 12.1 Å². The van der Waals surface area contributed by atoms with Gasteiger partial charge in [0.15, 0.2) is 5.96 Å². The molecule has 9 heteroatoms. The van der Waals surface area contributed by atoms with Crippen LogP contribution in [0.1, 0.15) is 37.3 Å². The van der Waals surface area contributed by atoms with Crippen LogP contribution in [0.15, 0.2) is 29.3 Å². The number of sulfonamides is 1. The fourth-order valence-electron chi connectivity index (χ4n) is 3.48. The first kappa shape index (κ1) is 23.4. The zero-order valence-corrected chi connectivity index (χ0v) is 18.6. The number of nitrogens with zero attached hydrogens (tertiary/aromatic N) is 2. The van der Waals surface area contributed by atoms with Gasteiger partial charge < -0.3 is 15.4 Å². The first-order chi connectivity index (χ1) is 13.9. The third kappa shape index (κ3) is 8.59. The molecule has 0 amide bonds. The minimum atomic E-state index is -3.14. The molecule has 0 saturated carbocycles. The Labute approximate surface area is 175 Å². The van der Waals surface area contributed by atoms with Crippen molar-refractivity contribution in [3.63, 3.8) is 0 Å². The summed E-state index contributed by atoms with van der Waals surface area (Å²) in [6, 6.07) is 8.54. The number of benzene rings is 1. The summed E-state index contributed by atoms with van der Waals surface area (Å²) in [4.78, 5) is 6.82. The van der Waals surface area contributed by atoms with Crippen molar-refractivity contribution in [2.24, 2.45) is 4.99 Å². The second kappa shape index (κ2) is 12.0. The molecule has 1 aliphatic heterocycles. The molecule has 164 valence electrons. The quantitative estimate of drug-likeness (QED) is 0.297. The Kier molecular flexibility index (Phi) is 9.69. The van der Waals surface area contributed by atoms with E-state index in [-0.39, 0.29) is 6.04 Å². The number of nitrogens with one attached hydrogen (secondary N) is 3. The highest BCUT2D eigenvalue weighted by Crippen LogP contribution is 2.25. The summed E-state index contributed by atoms with van der Waals surface area (Å²) in [6.07, 6.45) is 5.60. The van der Waals surface area contributed by atoms with Crippen LogP contribution in [-0.2, 0) is 10.0 Å². The number of methoxy groups -OCH3 is 1. The average molecular weight is 426 g/mol. The van der Waals surface area contributed by atoms with Gasteiger partial charge in [0, 0.05) is 26.7 Å². The molecule has 1 aromatic carbocycles. The van der Waals surface area contributed by atoms with E-state index < -0.39 is 10.0 Å². The Morgan fingerprint density at radius 2 is 1.83 bits per heavy atom. The highest BCUT2D eigenvalue weighted by atomic mass is 32.2. The Balaban J connectivity index is 1.91. The average Bonchev–Trinajstić information content (AvgIpc) is 2.72. The van der Waals surface area contributed by atoms with Crippen LogP contribution in [-0.4, -0.2) is 72.4 Å². The molecule has 8 nitrogen and oxygen atoms in total. The van der Waals surface area contributed by atoms with E-state index in [0.29, 0.717) is 19.5 Å². The minimum absolute atomic E-state index is 0.256. The first-order valence-electron chi connectivity index (χ1n) is 10.2. The fraction of sp³-hybridized carbons (Fsp3) is 0.650. The molecule has 1 saturated heterocycles. The zero-order valence-electron chi connectivity index (χ0n) is 17.8. The van der Waals surface area contributed by atoms with Gasteiger partial charge in [0.2, 0.25) is 10.0 Å². The van der Waals surface area contributed by atoms with Gasteiger partial charge in [-0.25, -0.2) is 13.1 Å². The van der Waals surface area contributed by atoms with Crippen LogP contribution in [0.2, 0.25) is 0 Å². The summed E-state index contributed by atoms with van der Waals surface area (Å²) in [5.41, 5.74) is 1.26. The molecule has 0 aromatic heterocycles. The second-order valence-electron chi connectivity index (χ2n) is 7.29. The van der Waals surface area contributed by atoms with Gasteiger partial charge in [0.05, 0.1) is 19.4 Å². The van der Waals surface area contributed by atoms with Gasteiger partial charge in [-0.2, -0.15) is 0 Å². The zero-order chi connectivity index (χ0) is 21.1. The van der Waals surface area contributed by atoms with Gasteiger partial charge in [-0.05, 0) is 50.0 Å². The lowest BCUT2D eigenvalue weighted by molar-refractivity contribution is 0.164. The van der Waals surface area contributed by atoms with Crippen LogP contribution in [0.5, 0.6) is 5.75 Å². The van der Waals surface area contributed by atoms with Crippen molar-refractivity contribution in [1.29, 1.82) is 0 Å². The predicted molar refractivity (Wildman–Crippen MR) is 118 cm³/mol. The number of piperidine rings is 1. The van der Waals surface area contributed by atoms with E-state index in [4.69, 9.17) is 4.74 Å². The molecule has 0 bridgehead atoms. The highest BCUT2D eigenvalue weighted by Gasteiger charge is 2.22. The number of hydrogen-bond donors (Lipinski definition) is 3. The van der Waals surface area contributed by atoms with Crippen LogP contribution in [0.3, 0.4) is 0 Å². The summed E-state index contributed by atoms with van der Waals surface area (Å²) in [5, 5.41) is 6.68. The van der Waals surface area contributed by atoms with Crippen molar-refractivity contribution in [1.82, 2.24) is 20.3 Å². The summed E-state index contributed by atoms with van der Waals surface area (Å²) < 4.78 is 30.0. The predicted octanol–water partition coefficient (Wildman–Crippen LogP) is 1.33. The molecular formula is C20H35N5O3S. The lowest BCUT2D eigenvalue weighted by atomic mass is 10.0. The summed E-state index contributed by atoms with van der Waals surface area (Å²) in [7, 11) is 0.286. The Morgan fingerprint density at radius 3 is 2.41 bits per heavy atom. The van der Waals surface area contributed by atoms with Crippen LogP contribution in [0.25, 0.3) is 0 Å². The Bertz CT molecular complexity index is 731. The maximum Gasteiger partial charge on any atom is 0.208 e. The van der Waals surface area contributed by atoms with Gasteiger partial charge in [-0.1, -0.05) is 18.6 Å². The van der Waals surface area contributed by atoms with Crippen molar-refractivity contribution >= 4 is 16.0 Å². The van der Waals surface area contributed by atoms with Crippen molar-refractivity contribution in [3.8, 4) is 5.75 Å². The second-order valence-corrected chi connectivity index (χ2v) is 9.12. The number of aliphatic imine (C=N–C) groups is 1. The smallest absolute Gasteiger partial charge is 0.208 e. The summed E-state index contributed by atoms with van der Waals surface area (Å²) >= 11 is 0. The molecule has 1 aliphatic rings. The van der Waals surface area contributed by atoms with E-state index in [1.54, 1.807) is 14.2 Å². The number of rotatable bonds is 10. The van der Waals surface area contributed by atoms with E-state index >= 15 is 0 Å². The molecule has 0 radical (unpaired) electrons. The number of likely N-dealkylation sites (tertiary alicyclic amines) is 1. The van der Waals surface area contributed by atoms with E-state index in [9.17, 15) is 8.42 Å². The molecule has 3 N–H and O–H groups in total. The van der Waals surface area contributed by atoms with Crippen LogP contribution in [0.4, 0.5) is 0 Å². The largest absolute Gasteiger partial charge is 0.497 e. The molecule has 1 fully saturated rings. The number of ether oxygens (including phenoxy) is 1. The Morgan fingerprint density at radius 1 is 1.14 bits per heavy atom. The van der Waals surface area contributed by atoms with Crippen LogP contribution < -0.4 is 20.1 Å². The van der Waals surface area contributed by atoms with Gasteiger partial charge in [0.25, 0.3) is 0 Å². The van der Waals surface area contributed by atoms with Crippen molar-refractivity contribution < 1.29 is 13.2 Å². The van der Waals surface area contributed by atoms with Crippen molar-refractivity contribution in [2.75, 3.05) is 53.1 Å². The number of hydrogen-bond acceptors (Lipinski definition) is 5. The van der Waals surface area contributed by atoms with Crippen molar-refractivity contribution in [2.45, 2.75) is 31.7 Å². The van der Waals surface area contributed by atoms with Crippen molar-refractivity contribution in [3.05, 3.63) is 29.8 Å².